The summed E-state index contributed by atoms with van der Waals surface area (Å²) in [5.74, 6) is 0.614. The van der Waals surface area contributed by atoms with E-state index in [0.29, 0.717) is 17.9 Å². The van der Waals surface area contributed by atoms with Crippen LogP contribution < -0.4 is 10.5 Å². The van der Waals surface area contributed by atoms with Gasteiger partial charge in [-0.1, -0.05) is 0 Å². The Bertz CT molecular complexity index is 388. The van der Waals surface area contributed by atoms with Crippen LogP contribution in [0.15, 0.2) is 18.5 Å². The number of nitrogen functional groups attached to an aromatic ring is 1. The summed E-state index contributed by atoms with van der Waals surface area (Å²) in [6, 6.07) is 1.70. The van der Waals surface area contributed by atoms with Gasteiger partial charge in [-0.05, 0) is 32.0 Å². The van der Waals surface area contributed by atoms with Gasteiger partial charge in [-0.15, -0.1) is 0 Å². The molecule has 1 aromatic heterocycles. The number of hydrogen-bond donors (Lipinski definition) is 2. The molecular formula is C12H18N4O. The third kappa shape index (κ3) is 3.17. The fourth-order valence-electron chi connectivity index (χ4n) is 2.01. The zero-order valence-corrected chi connectivity index (χ0v) is 9.85. The summed E-state index contributed by atoms with van der Waals surface area (Å²) < 4.78 is 5.64. The molecule has 0 bridgehead atoms. The van der Waals surface area contributed by atoms with E-state index in [1.165, 1.54) is 12.8 Å². The van der Waals surface area contributed by atoms with Gasteiger partial charge in [0, 0.05) is 12.7 Å². The van der Waals surface area contributed by atoms with E-state index in [4.69, 9.17) is 15.9 Å². The Morgan fingerprint density at radius 2 is 2.24 bits per heavy atom. The Morgan fingerprint density at radius 1 is 1.47 bits per heavy atom. The summed E-state index contributed by atoms with van der Waals surface area (Å²) in [7, 11) is 0. The topological polar surface area (TPSA) is 75.2 Å². The number of nitrogens with zero attached hydrogens (tertiary/aromatic N) is 2. The molecule has 5 heteroatoms. The molecule has 0 radical (unpaired) electrons. The highest BCUT2D eigenvalue weighted by Crippen LogP contribution is 2.15. The fourth-order valence-corrected chi connectivity index (χ4v) is 2.01. The fraction of sp³-hybridized carbons (Fsp3) is 0.500. The number of hydrogen-bond acceptors (Lipinski definition) is 4. The predicted molar refractivity (Wildman–Crippen MR) is 66.4 cm³/mol. The van der Waals surface area contributed by atoms with E-state index in [1.54, 1.807) is 18.5 Å². The molecule has 5 nitrogen and oxygen atoms in total. The van der Waals surface area contributed by atoms with Crippen molar-refractivity contribution in [3.05, 3.63) is 24.0 Å². The number of nitrogens with one attached hydrogen (secondary N) is 1. The van der Waals surface area contributed by atoms with Crippen LogP contribution in [0.1, 0.15) is 18.4 Å². The van der Waals surface area contributed by atoms with Gasteiger partial charge in [0.05, 0.1) is 11.8 Å². The Hall–Kier alpha value is -1.62. The van der Waals surface area contributed by atoms with E-state index in [-0.39, 0.29) is 5.84 Å². The molecule has 0 unspecified atom stereocenters. The minimum absolute atomic E-state index is 0.0172. The molecule has 2 heterocycles. The van der Waals surface area contributed by atoms with Crippen LogP contribution in [-0.4, -0.2) is 42.0 Å². The molecule has 0 amide bonds. The van der Waals surface area contributed by atoms with Gasteiger partial charge < -0.3 is 10.5 Å². The summed E-state index contributed by atoms with van der Waals surface area (Å²) in [5, 5.41) is 7.44. The van der Waals surface area contributed by atoms with Gasteiger partial charge in [0.1, 0.15) is 18.2 Å². The van der Waals surface area contributed by atoms with Gasteiger partial charge in [-0.25, -0.2) is 0 Å². The second-order valence-electron chi connectivity index (χ2n) is 4.18. The Labute approximate surface area is 101 Å². The summed E-state index contributed by atoms with van der Waals surface area (Å²) in [6.07, 6.45) is 5.79. The van der Waals surface area contributed by atoms with Crippen molar-refractivity contribution >= 4 is 5.84 Å². The molecule has 1 saturated heterocycles. The number of rotatable bonds is 5. The average Bonchev–Trinajstić information content (AvgIpc) is 2.82. The van der Waals surface area contributed by atoms with E-state index in [2.05, 4.69) is 9.88 Å². The molecule has 0 atom stereocenters. The number of amidine groups is 1. The third-order valence-electron chi connectivity index (χ3n) is 2.94. The number of likely N-dealkylation sites (tertiary alicyclic amines) is 1. The van der Waals surface area contributed by atoms with Crippen LogP contribution in [0.4, 0.5) is 0 Å². The van der Waals surface area contributed by atoms with E-state index >= 15 is 0 Å². The minimum Gasteiger partial charge on any atom is -0.490 e. The second-order valence-corrected chi connectivity index (χ2v) is 4.18. The highest BCUT2D eigenvalue weighted by atomic mass is 16.5. The Kier molecular flexibility index (Phi) is 3.93. The number of ether oxygens (including phenoxy) is 1. The lowest BCUT2D eigenvalue weighted by Crippen LogP contribution is -2.25. The van der Waals surface area contributed by atoms with E-state index in [0.717, 1.165) is 19.6 Å². The monoisotopic (exact) mass is 234 g/mol. The van der Waals surface area contributed by atoms with Gasteiger partial charge >= 0.3 is 0 Å². The quantitative estimate of drug-likeness (QED) is 0.585. The Balaban J connectivity index is 1.87. The molecule has 1 aromatic rings. The van der Waals surface area contributed by atoms with Crippen LogP contribution in [0.5, 0.6) is 5.75 Å². The van der Waals surface area contributed by atoms with Crippen LogP contribution in [0, 0.1) is 5.41 Å². The summed E-state index contributed by atoms with van der Waals surface area (Å²) in [6.45, 7) is 3.87. The van der Waals surface area contributed by atoms with E-state index in [1.807, 2.05) is 0 Å². The van der Waals surface area contributed by atoms with Crippen LogP contribution in [-0.2, 0) is 0 Å². The van der Waals surface area contributed by atoms with Crippen molar-refractivity contribution in [1.29, 1.82) is 5.41 Å². The van der Waals surface area contributed by atoms with Crippen LogP contribution in [0.2, 0.25) is 0 Å². The Morgan fingerprint density at radius 3 is 2.94 bits per heavy atom. The maximum Gasteiger partial charge on any atom is 0.148 e. The average molecular weight is 234 g/mol. The zero-order valence-electron chi connectivity index (χ0n) is 9.85. The first kappa shape index (κ1) is 11.9. The highest BCUT2D eigenvalue weighted by Gasteiger charge is 2.12. The predicted octanol–water partition coefficient (Wildman–Crippen LogP) is 0.840. The molecule has 0 saturated carbocycles. The van der Waals surface area contributed by atoms with E-state index in [9.17, 15) is 0 Å². The largest absolute Gasteiger partial charge is 0.490 e. The van der Waals surface area contributed by atoms with Crippen LogP contribution in [0.25, 0.3) is 0 Å². The number of aromatic nitrogens is 1. The molecular weight excluding hydrogens is 216 g/mol. The lowest BCUT2D eigenvalue weighted by Gasteiger charge is -2.15. The van der Waals surface area contributed by atoms with Crippen molar-refractivity contribution in [1.82, 2.24) is 9.88 Å². The minimum atomic E-state index is 0.0172. The lowest BCUT2D eigenvalue weighted by molar-refractivity contribution is 0.237. The van der Waals surface area contributed by atoms with Crippen molar-refractivity contribution in [2.24, 2.45) is 5.73 Å². The smallest absolute Gasteiger partial charge is 0.148 e. The molecule has 0 aliphatic carbocycles. The van der Waals surface area contributed by atoms with Gasteiger partial charge in [0.15, 0.2) is 0 Å². The standard InChI is InChI=1S/C12H18N4O/c13-12(14)10-3-4-15-9-11(10)17-8-7-16-5-1-2-6-16/h3-4,9H,1-2,5-8H2,(H3,13,14). The van der Waals surface area contributed by atoms with Gasteiger partial charge in [0.2, 0.25) is 0 Å². The van der Waals surface area contributed by atoms with Gasteiger partial charge in [-0.3, -0.25) is 15.3 Å². The number of nitrogens with two attached hydrogens (primary N) is 1. The molecule has 0 spiro atoms. The van der Waals surface area contributed by atoms with Crippen molar-refractivity contribution in [3.63, 3.8) is 0 Å². The van der Waals surface area contributed by atoms with Crippen molar-refractivity contribution in [2.45, 2.75) is 12.8 Å². The van der Waals surface area contributed by atoms with Crippen LogP contribution in [0.3, 0.4) is 0 Å². The first-order chi connectivity index (χ1) is 8.27. The lowest BCUT2D eigenvalue weighted by atomic mass is 10.2. The highest BCUT2D eigenvalue weighted by molar-refractivity contribution is 5.97. The molecule has 17 heavy (non-hydrogen) atoms. The van der Waals surface area contributed by atoms with E-state index < -0.39 is 0 Å². The molecule has 1 fully saturated rings. The molecule has 1 aliphatic heterocycles. The van der Waals surface area contributed by atoms with Crippen molar-refractivity contribution in [2.75, 3.05) is 26.2 Å². The summed E-state index contributed by atoms with van der Waals surface area (Å²) in [5.41, 5.74) is 6.09. The second kappa shape index (κ2) is 5.63. The maximum atomic E-state index is 7.44. The molecule has 92 valence electrons. The van der Waals surface area contributed by atoms with Crippen molar-refractivity contribution < 1.29 is 4.74 Å². The maximum absolute atomic E-state index is 7.44. The molecule has 1 aliphatic rings. The molecule has 0 aromatic carbocycles. The van der Waals surface area contributed by atoms with Gasteiger partial charge in [0.25, 0.3) is 0 Å². The first-order valence-corrected chi connectivity index (χ1v) is 5.91. The summed E-state index contributed by atoms with van der Waals surface area (Å²) in [4.78, 5) is 6.37. The van der Waals surface area contributed by atoms with Crippen LogP contribution >= 0.6 is 0 Å². The third-order valence-corrected chi connectivity index (χ3v) is 2.94. The summed E-state index contributed by atoms with van der Waals surface area (Å²) >= 11 is 0. The number of pyridine rings is 1. The first-order valence-electron chi connectivity index (χ1n) is 5.91. The molecule has 2 rings (SSSR count). The molecule has 3 N–H and O–H groups in total. The van der Waals surface area contributed by atoms with Gasteiger partial charge in [-0.2, -0.15) is 0 Å². The van der Waals surface area contributed by atoms with Crippen molar-refractivity contribution in [3.8, 4) is 5.75 Å². The zero-order chi connectivity index (χ0) is 12.1. The normalized spacial score (nSPS) is 16.0. The SMILES string of the molecule is N=C(N)c1ccncc1OCCN1CCCC1.